The van der Waals surface area contributed by atoms with Gasteiger partial charge in [-0.05, 0) is 20.3 Å². The van der Waals surface area contributed by atoms with Crippen LogP contribution in [0.2, 0.25) is 0 Å². The van der Waals surface area contributed by atoms with Crippen molar-refractivity contribution in [2.75, 3.05) is 6.54 Å². The lowest BCUT2D eigenvalue weighted by Crippen LogP contribution is -2.42. The van der Waals surface area contributed by atoms with Crippen molar-refractivity contribution in [3.05, 3.63) is 17.5 Å². The van der Waals surface area contributed by atoms with Crippen LogP contribution in [0.5, 0.6) is 0 Å². The number of aromatic nitrogens is 2. The quantitative estimate of drug-likeness (QED) is 0.430. The third-order valence-electron chi connectivity index (χ3n) is 3.55. The van der Waals surface area contributed by atoms with Crippen LogP contribution in [0.25, 0.3) is 0 Å². The summed E-state index contributed by atoms with van der Waals surface area (Å²) in [5.41, 5.74) is -0.804. The molecule has 0 bridgehead atoms. The second-order valence-corrected chi connectivity index (χ2v) is 5.91. The monoisotopic (exact) mass is 347 g/mol. The summed E-state index contributed by atoms with van der Waals surface area (Å²) in [5.74, 6) is 0.526. The summed E-state index contributed by atoms with van der Waals surface area (Å²) in [5, 5.41) is 9.81. The Kier molecular flexibility index (Phi) is 8.07. The van der Waals surface area contributed by atoms with Crippen molar-refractivity contribution in [1.29, 1.82) is 0 Å². The van der Waals surface area contributed by atoms with Crippen LogP contribution in [0.3, 0.4) is 0 Å². The predicted molar refractivity (Wildman–Crippen MR) is 89.8 cm³/mol. The molecule has 0 saturated heterocycles. The zero-order chi connectivity index (χ0) is 18.2. The Morgan fingerprint density at radius 1 is 1.33 bits per heavy atom. The minimum Gasteiger partial charge on any atom is -0.357 e. The Morgan fingerprint density at radius 2 is 2.04 bits per heavy atom. The van der Waals surface area contributed by atoms with E-state index in [4.69, 9.17) is 0 Å². The second-order valence-electron chi connectivity index (χ2n) is 5.91. The van der Waals surface area contributed by atoms with Crippen LogP contribution in [-0.4, -0.2) is 28.3 Å². The number of aryl methyl sites for hydroxylation is 1. The van der Waals surface area contributed by atoms with Crippen molar-refractivity contribution in [2.45, 2.75) is 65.2 Å². The molecule has 0 aliphatic carbocycles. The van der Waals surface area contributed by atoms with Gasteiger partial charge in [0.25, 0.3) is 0 Å². The minimum absolute atomic E-state index is 0.0697. The molecular formula is C16H28F3N5. The highest BCUT2D eigenvalue weighted by Gasteiger charge is 2.36. The molecule has 0 spiro atoms. The molecule has 2 N–H and O–H groups in total. The maximum atomic E-state index is 13.0. The van der Waals surface area contributed by atoms with E-state index >= 15 is 0 Å². The molecule has 24 heavy (non-hydrogen) atoms. The Labute approximate surface area is 141 Å². The van der Waals surface area contributed by atoms with E-state index in [9.17, 15) is 13.2 Å². The number of alkyl halides is 3. The van der Waals surface area contributed by atoms with Gasteiger partial charge in [0.2, 0.25) is 0 Å². The van der Waals surface area contributed by atoms with Crippen LogP contribution in [-0.2, 0) is 19.8 Å². The minimum atomic E-state index is -4.47. The number of nitrogens with zero attached hydrogens (tertiary/aromatic N) is 3. The van der Waals surface area contributed by atoms with Gasteiger partial charge in [0.1, 0.15) is 0 Å². The summed E-state index contributed by atoms with van der Waals surface area (Å²) in [6.07, 6.45) is 1.34. The number of nitrogens with one attached hydrogen (secondary N) is 2. The molecular weight excluding hydrogens is 319 g/mol. The molecule has 8 heteroatoms. The summed E-state index contributed by atoms with van der Waals surface area (Å²) >= 11 is 0. The van der Waals surface area contributed by atoms with E-state index in [2.05, 4.69) is 27.6 Å². The summed E-state index contributed by atoms with van der Waals surface area (Å²) < 4.78 is 40.1. The first-order chi connectivity index (χ1) is 11.3. The van der Waals surface area contributed by atoms with E-state index in [1.807, 2.05) is 13.8 Å². The van der Waals surface area contributed by atoms with Crippen LogP contribution in [0.15, 0.2) is 11.2 Å². The number of hydrogen-bond donors (Lipinski definition) is 2. The van der Waals surface area contributed by atoms with Gasteiger partial charge in [0, 0.05) is 31.4 Å². The van der Waals surface area contributed by atoms with E-state index in [-0.39, 0.29) is 18.2 Å². The van der Waals surface area contributed by atoms with Crippen molar-refractivity contribution < 1.29 is 13.2 Å². The highest BCUT2D eigenvalue weighted by Crippen LogP contribution is 2.30. The number of guanidine groups is 1. The molecule has 138 valence electrons. The number of hydrogen-bond acceptors (Lipinski definition) is 2. The molecule has 0 saturated carbocycles. The second kappa shape index (κ2) is 9.54. The van der Waals surface area contributed by atoms with Crippen molar-refractivity contribution in [3.63, 3.8) is 0 Å². The van der Waals surface area contributed by atoms with Crippen molar-refractivity contribution in [2.24, 2.45) is 12.0 Å². The Hall–Kier alpha value is -1.73. The number of aliphatic imine (C=N–C) groups is 1. The average Bonchev–Trinajstić information content (AvgIpc) is 2.86. The topological polar surface area (TPSA) is 54.2 Å². The van der Waals surface area contributed by atoms with E-state index in [1.54, 1.807) is 0 Å². The van der Waals surface area contributed by atoms with E-state index in [1.165, 1.54) is 24.3 Å². The van der Waals surface area contributed by atoms with Crippen LogP contribution >= 0.6 is 0 Å². The fourth-order valence-corrected chi connectivity index (χ4v) is 2.38. The zero-order valence-corrected chi connectivity index (χ0v) is 14.9. The zero-order valence-electron chi connectivity index (χ0n) is 14.9. The fourth-order valence-electron chi connectivity index (χ4n) is 2.38. The Balaban J connectivity index is 2.76. The third-order valence-corrected chi connectivity index (χ3v) is 3.55. The van der Waals surface area contributed by atoms with Gasteiger partial charge in [-0.2, -0.15) is 18.3 Å². The summed E-state index contributed by atoms with van der Waals surface area (Å²) in [6, 6.07) is 0.213. The Morgan fingerprint density at radius 3 is 2.62 bits per heavy atom. The molecule has 1 atom stereocenters. The maximum absolute atomic E-state index is 13.0. The van der Waals surface area contributed by atoms with Gasteiger partial charge in [-0.1, -0.05) is 26.2 Å². The number of unbranched alkanes of at least 4 members (excludes halogenated alkanes) is 2. The van der Waals surface area contributed by atoms with Gasteiger partial charge in [-0.25, -0.2) is 4.99 Å². The van der Waals surface area contributed by atoms with E-state index in [0.717, 1.165) is 19.3 Å². The molecule has 0 radical (unpaired) electrons. The predicted octanol–water partition coefficient (Wildman–Crippen LogP) is 3.46. The molecule has 1 unspecified atom stereocenters. The summed E-state index contributed by atoms with van der Waals surface area (Å²) in [7, 11) is 1.47. The van der Waals surface area contributed by atoms with E-state index < -0.39 is 11.9 Å². The first-order valence-corrected chi connectivity index (χ1v) is 8.42. The first kappa shape index (κ1) is 20.3. The standard InChI is InChI=1S/C16H28F3N5/c1-5-7-8-9-12(3)22-15(20-6-2)21-10-13-11-24(4)23-14(13)16(17,18)19/h11-12H,5-10H2,1-4H3,(H2,20,21,22). The van der Waals surface area contributed by atoms with Crippen LogP contribution in [0.1, 0.15) is 57.7 Å². The smallest absolute Gasteiger partial charge is 0.357 e. The lowest BCUT2D eigenvalue weighted by Gasteiger charge is -2.17. The molecule has 0 fully saturated rings. The summed E-state index contributed by atoms with van der Waals surface area (Å²) in [6.45, 7) is 6.69. The number of rotatable bonds is 8. The van der Waals surface area contributed by atoms with Gasteiger partial charge < -0.3 is 10.6 Å². The molecule has 1 aromatic heterocycles. The molecule has 0 aliphatic heterocycles. The third kappa shape index (κ3) is 6.80. The van der Waals surface area contributed by atoms with Gasteiger partial charge in [0.15, 0.2) is 11.7 Å². The molecule has 1 aromatic rings. The van der Waals surface area contributed by atoms with Gasteiger partial charge >= 0.3 is 6.18 Å². The molecule has 1 rings (SSSR count). The van der Waals surface area contributed by atoms with Crippen molar-refractivity contribution >= 4 is 5.96 Å². The van der Waals surface area contributed by atoms with Crippen LogP contribution in [0, 0.1) is 0 Å². The summed E-state index contributed by atoms with van der Waals surface area (Å²) in [4.78, 5) is 4.28. The van der Waals surface area contributed by atoms with Gasteiger partial charge in [0.05, 0.1) is 6.54 Å². The molecule has 0 aromatic carbocycles. The van der Waals surface area contributed by atoms with Crippen molar-refractivity contribution in [1.82, 2.24) is 20.4 Å². The first-order valence-electron chi connectivity index (χ1n) is 8.42. The molecule has 1 heterocycles. The van der Waals surface area contributed by atoms with Crippen molar-refractivity contribution in [3.8, 4) is 0 Å². The van der Waals surface area contributed by atoms with Crippen LogP contribution < -0.4 is 10.6 Å². The van der Waals surface area contributed by atoms with Gasteiger partial charge in [-0.15, -0.1) is 0 Å². The van der Waals surface area contributed by atoms with Crippen LogP contribution in [0.4, 0.5) is 13.2 Å². The molecule has 0 aliphatic rings. The Bertz CT molecular complexity index is 522. The van der Waals surface area contributed by atoms with E-state index in [0.29, 0.717) is 12.5 Å². The molecule has 0 amide bonds. The maximum Gasteiger partial charge on any atom is 0.435 e. The highest BCUT2D eigenvalue weighted by molar-refractivity contribution is 5.80. The highest BCUT2D eigenvalue weighted by atomic mass is 19.4. The largest absolute Gasteiger partial charge is 0.435 e. The average molecular weight is 347 g/mol. The SMILES string of the molecule is CCCCCC(C)NC(=NCc1cn(C)nc1C(F)(F)F)NCC. The fraction of sp³-hybridized carbons (Fsp3) is 0.750. The normalized spacial score (nSPS) is 13.9. The molecule has 5 nitrogen and oxygen atoms in total. The van der Waals surface area contributed by atoms with Gasteiger partial charge in [-0.3, -0.25) is 4.68 Å². The lowest BCUT2D eigenvalue weighted by molar-refractivity contribution is -0.142. The lowest BCUT2D eigenvalue weighted by atomic mass is 10.1. The number of halogens is 3.